The maximum atomic E-state index is 6.02. The second-order valence-corrected chi connectivity index (χ2v) is 7.39. The van der Waals surface area contributed by atoms with Crippen LogP contribution in [-0.4, -0.2) is 49.3 Å². The molecule has 20 heavy (non-hydrogen) atoms. The number of hydrogen-bond donors (Lipinski definition) is 1. The lowest BCUT2D eigenvalue weighted by Crippen LogP contribution is -2.65. The van der Waals surface area contributed by atoms with Crippen LogP contribution >= 0.6 is 0 Å². The number of hydrogen-bond acceptors (Lipinski definition) is 3. The summed E-state index contributed by atoms with van der Waals surface area (Å²) < 4.78 is 6.02. The Kier molecular flexibility index (Phi) is 4.40. The largest absolute Gasteiger partial charge is 0.378 e. The Morgan fingerprint density at radius 3 is 2.65 bits per heavy atom. The van der Waals surface area contributed by atoms with Crippen LogP contribution < -0.4 is 5.32 Å². The SMILES string of the molecule is CCO[C@@H]1C[C@H](N[C@@H]2CCN(C)[C@H](C)C2)C12CCCC2. The molecule has 3 heteroatoms. The molecule has 0 radical (unpaired) electrons. The number of rotatable bonds is 4. The first kappa shape index (κ1) is 14.8. The van der Waals surface area contributed by atoms with Crippen molar-refractivity contribution in [1.82, 2.24) is 10.2 Å². The van der Waals surface area contributed by atoms with Crippen LogP contribution in [0.15, 0.2) is 0 Å². The minimum Gasteiger partial charge on any atom is -0.378 e. The molecule has 1 saturated heterocycles. The topological polar surface area (TPSA) is 24.5 Å². The standard InChI is InChI=1S/C17H32N2O/c1-4-20-16-12-15(17(16)8-5-6-9-17)18-14-7-10-19(3)13(2)11-14/h13-16,18H,4-12H2,1-3H3/t13-,14-,15+,16-/m1/s1. The van der Waals surface area contributed by atoms with Gasteiger partial charge in [0.05, 0.1) is 6.10 Å². The molecule has 3 fully saturated rings. The summed E-state index contributed by atoms with van der Waals surface area (Å²) >= 11 is 0. The van der Waals surface area contributed by atoms with Crippen molar-refractivity contribution in [3.8, 4) is 0 Å². The van der Waals surface area contributed by atoms with Crippen LogP contribution in [-0.2, 0) is 4.74 Å². The molecule has 1 spiro atoms. The molecular formula is C17H32N2O. The molecule has 0 aromatic rings. The van der Waals surface area contributed by atoms with E-state index < -0.39 is 0 Å². The fourth-order valence-corrected chi connectivity index (χ4v) is 4.85. The van der Waals surface area contributed by atoms with E-state index in [0.29, 0.717) is 11.5 Å². The Labute approximate surface area is 124 Å². The number of ether oxygens (including phenoxy) is 1. The first-order valence-corrected chi connectivity index (χ1v) is 8.73. The van der Waals surface area contributed by atoms with Crippen LogP contribution in [0, 0.1) is 5.41 Å². The van der Waals surface area contributed by atoms with E-state index in [-0.39, 0.29) is 0 Å². The molecule has 3 nitrogen and oxygen atoms in total. The summed E-state index contributed by atoms with van der Waals surface area (Å²) in [7, 11) is 2.26. The quantitative estimate of drug-likeness (QED) is 0.857. The second kappa shape index (κ2) is 5.94. The van der Waals surface area contributed by atoms with E-state index in [0.717, 1.165) is 24.7 Å². The predicted octanol–water partition coefficient (Wildman–Crippen LogP) is 2.80. The van der Waals surface area contributed by atoms with Gasteiger partial charge in [-0.25, -0.2) is 0 Å². The Balaban J connectivity index is 1.58. The zero-order valence-electron chi connectivity index (χ0n) is 13.5. The number of likely N-dealkylation sites (tertiary alicyclic amines) is 1. The molecule has 0 aromatic heterocycles. The normalized spacial score (nSPS) is 41.0. The van der Waals surface area contributed by atoms with Crippen LogP contribution in [0.5, 0.6) is 0 Å². The summed E-state index contributed by atoms with van der Waals surface area (Å²) in [6.45, 7) is 6.63. The summed E-state index contributed by atoms with van der Waals surface area (Å²) in [5.74, 6) is 0. The lowest BCUT2D eigenvalue weighted by molar-refractivity contribution is -0.134. The first-order chi connectivity index (χ1) is 9.65. The number of piperidine rings is 1. The minimum atomic E-state index is 0.489. The Morgan fingerprint density at radius 1 is 1.25 bits per heavy atom. The van der Waals surface area contributed by atoms with E-state index in [4.69, 9.17) is 4.74 Å². The van der Waals surface area contributed by atoms with Crippen molar-refractivity contribution in [3.05, 3.63) is 0 Å². The molecule has 1 aliphatic heterocycles. The van der Waals surface area contributed by atoms with E-state index in [1.165, 1.54) is 51.5 Å². The van der Waals surface area contributed by atoms with Crippen molar-refractivity contribution < 1.29 is 4.74 Å². The minimum absolute atomic E-state index is 0.489. The van der Waals surface area contributed by atoms with Crippen LogP contribution in [0.4, 0.5) is 0 Å². The van der Waals surface area contributed by atoms with E-state index in [1.54, 1.807) is 0 Å². The molecule has 116 valence electrons. The highest BCUT2D eigenvalue weighted by Gasteiger charge is 2.56. The second-order valence-electron chi connectivity index (χ2n) is 7.39. The van der Waals surface area contributed by atoms with Gasteiger partial charge in [0, 0.05) is 30.1 Å². The van der Waals surface area contributed by atoms with Crippen molar-refractivity contribution in [3.63, 3.8) is 0 Å². The molecule has 3 rings (SSSR count). The fraction of sp³-hybridized carbons (Fsp3) is 1.00. The van der Waals surface area contributed by atoms with Gasteiger partial charge in [0.15, 0.2) is 0 Å². The molecule has 1 N–H and O–H groups in total. The monoisotopic (exact) mass is 280 g/mol. The average molecular weight is 280 g/mol. The third-order valence-electron chi connectivity index (χ3n) is 6.33. The summed E-state index contributed by atoms with van der Waals surface area (Å²) in [5, 5.41) is 4.02. The van der Waals surface area contributed by atoms with Gasteiger partial charge in [0.25, 0.3) is 0 Å². The van der Waals surface area contributed by atoms with E-state index in [2.05, 4.69) is 31.1 Å². The van der Waals surface area contributed by atoms with Crippen LogP contribution in [0.1, 0.15) is 58.8 Å². The summed E-state index contributed by atoms with van der Waals surface area (Å²) in [6, 6.07) is 2.18. The van der Waals surface area contributed by atoms with Gasteiger partial charge in [-0.15, -0.1) is 0 Å². The number of nitrogens with one attached hydrogen (secondary N) is 1. The summed E-state index contributed by atoms with van der Waals surface area (Å²) in [6.07, 6.45) is 9.99. The molecule has 4 atom stereocenters. The molecule has 3 aliphatic rings. The Morgan fingerprint density at radius 2 is 2.00 bits per heavy atom. The molecule has 0 bridgehead atoms. The maximum Gasteiger partial charge on any atom is 0.0661 e. The van der Waals surface area contributed by atoms with Gasteiger partial charge < -0.3 is 15.0 Å². The van der Waals surface area contributed by atoms with Crippen LogP contribution in [0.3, 0.4) is 0 Å². The Hall–Kier alpha value is -0.120. The van der Waals surface area contributed by atoms with Gasteiger partial charge in [-0.05, 0) is 59.5 Å². The lowest BCUT2D eigenvalue weighted by atomic mass is 9.60. The van der Waals surface area contributed by atoms with E-state index >= 15 is 0 Å². The molecule has 0 aromatic carbocycles. The van der Waals surface area contributed by atoms with Gasteiger partial charge in [-0.3, -0.25) is 0 Å². The van der Waals surface area contributed by atoms with Gasteiger partial charge in [-0.1, -0.05) is 12.8 Å². The van der Waals surface area contributed by atoms with Crippen molar-refractivity contribution in [2.24, 2.45) is 5.41 Å². The molecule has 0 unspecified atom stereocenters. The maximum absolute atomic E-state index is 6.02. The molecule has 2 aliphatic carbocycles. The highest BCUT2D eigenvalue weighted by molar-refractivity contribution is 5.10. The highest BCUT2D eigenvalue weighted by Crippen LogP contribution is 2.55. The van der Waals surface area contributed by atoms with E-state index in [9.17, 15) is 0 Å². The molecular weight excluding hydrogens is 248 g/mol. The lowest BCUT2D eigenvalue weighted by Gasteiger charge is -2.56. The first-order valence-electron chi connectivity index (χ1n) is 8.73. The smallest absolute Gasteiger partial charge is 0.0661 e. The van der Waals surface area contributed by atoms with Gasteiger partial charge >= 0.3 is 0 Å². The van der Waals surface area contributed by atoms with Crippen LogP contribution in [0.2, 0.25) is 0 Å². The van der Waals surface area contributed by atoms with Gasteiger partial charge in [0.2, 0.25) is 0 Å². The van der Waals surface area contributed by atoms with Crippen LogP contribution in [0.25, 0.3) is 0 Å². The molecule has 1 heterocycles. The summed E-state index contributed by atoms with van der Waals surface area (Å²) in [4.78, 5) is 2.49. The number of nitrogens with zero attached hydrogens (tertiary/aromatic N) is 1. The zero-order chi connectivity index (χ0) is 14.2. The van der Waals surface area contributed by atoms with Crippen molar-refractivity contribution in [2.45, 2.75) is 83.0 Å². The fourth-order valence-electron chi connectivity index (χ4n) is 4.85. The zero-order valence-corrected chi connectivity index (χ0v) is 13.5. The highest BCUT2D eigenvalue weighted by atomic mass is 16.5. The van der Waals surface area contributed by atoms with Gasteiger partial charge in [0.1, 0.15) is 0 Å². The third-order valence-corrected chi connectivity index (χ3v) is 6.33. The summed E-state index contributed by atoms with van der Waals surface area (Å²) in [5.41, 5.74) is 0.489. The van der Waals surface area contributed by atoms with Crippen molar-refractivity contribution >= 4 is 0 Å². The third kappa shape index (κ3) is 2.53. The molecule has 0 amide bonds. The predicted molar refractivity (Wildman–Crippen MR) is 83.0 cm³/mol. The Bertz CT molecular complexity index is 327. The molecule has 2 saturated carbocycles. The van der Waals surface area contributed by atoms with Crippen molar-refractivity contribution in [1.29, 1.82) is 0 Å². The van der Waals surface area contributed by atoms with Gasteiger partial charge in [-0.2, -0.15) is 0 Å². The average Bonchev–Trinajstić information content (AvgIpc) is 2.94. The van der Waals surface area contributed by atoms with Crippen molar-refractivity contribution in [2.75, 3.05) is 20.2 Å². The van der Waals surface area contributed by atoms with E-state index in [1.807, 2.05) is 0 Å².